The van der Waals surface area contributed by atoms with Gasteiger partial charge in [-0.2, -0.15) is 0 Å². The number of amides is 12. The van der Waals surface area contributed by atoms with Gasteiger partial charge in [0.2, 0.25) is 0 Å². The molecule has 4 aliphatic rings. The van der Waals surface area contributed by atoms with Crippen molar-refractivity contribution in [3.63, 3.8) is 0 Å². The molecule has 0 N–H and O–H groups in total. The first kappa shape index (κ1) is 68.0. The first-order chi connectivity index (χ1) is 38.5. The third-order valence-corrected chi connectivity index (χ3v) is 12.4. The van der Waals surface area contributed by atoms with Crippen molar-refractivity contribution >= 4 is 71.6 Å². The number of urea groups is 4. The minimum absolute atomic E-state index is 0. The standard InChI is InChI=1S/4C14H16N2O4.2Rh/c4*1-20-13(18)11-9-16(14(19)15-11)12(17)8-7-10-5-3-2-4-6-10;;/h4*2-6,11H,7-9H2,1H3,(H,15,19);;/q;;;;2*+2/p-4/t4*11-;;/m1111../s1. The van der Waals surface area contributed by atoms with Crippen LogP contribution in [0.15, 0.2) is 121 Å². The van der Waals surface area contributed by atoms with Gasteiger partial charge in [-0.3, -0.25) is 57.5 Å². The van der Waals surface area contributed by atoms with Crippen LogP contribution in [-0.4, -0.2) is 170 Å². The zero-order chi connectivity index (χ0) is 58.1. The van der Waals surface area contributed by atoms with Gasteiger partial charge in [0.1, 0.15) is 23.6 Å². The first-order valence-corrected chi connectivity index (χ1v) is 25.1. The Morgan fingerprint density at radius 2 is 0.512 bits per heavy atom. The second-order valence-corrected chi connectivity index (χ2v) is 17.8. The molecule has 12 amide bonds. The molecule has 4 fully saturated rings. The van der Waals surface area contributed by atoms with Crippen molar-refractivity contribution in [2.45, 2.75) is 75.5 Å². The van der Waals surface area contributed by atoms with Gasteiger partial charge in [0, 0.05) is 25.7 Å². The number of hydrogen-bond donors (Lipinski definition) is 0. The fraction of sp³-hybridized carbons (Fsp3) is 0.357. The van der Waals surface area contributed by atoms with Gasteiger partial charge in [0.25, 0.3) is 0 Å². The number of methoxy groups -OCH3 is 4. The summed E-state index contributed by atoms with van der Waals surface area (Å²) in [5.41, 5.74) is 4.09. The van der Waals surface area contributed by atoms with Gasteiger partial charge >= 0.3 is 62.8 Å². The molecule has 26 heteroatoms. The van der Waals surface area contributed by atoms with E-state index in [1.54, 1.807) is 0 Å². The number of rotatable bonds is 16. The number of esters is 4. The predicted octanol–water partition coefficient (Wildman–Crippen LogP) is 5.98. The summed E-state index contributed by atoms with van der Waals surface area (Å²) in [6.07, 6.45) is 3.02. The van der Waals surface area contributed by atoms with E-state index < -0.39 is 72.2 Å². The van der Waals surface area contributed by atoms with E-state index in [9.17, 15) is 57.5 Å². The molecular weight excluding hydrogens is 1250 g/mol. The molecule has 8 rings (SSSR count). The predicted molar refractivity (Wildman–Crippen MR) is 284 cm³/mol. The molecular formula is C56H60N8O16Rh2. The smallest absolute Gasteiger partial charge is 0.469 e. The van der Waals surface area contributed by atoms with Crippen molar-refractivity contribution in [2.75, 3.05) is 54.6 Å². The van der Waals surface area contributed by atoms with Crippen LogP contribution in [0.4, 0.5) is 19.2 Å². The van der Waals surface area contributed by atoms with E-state index in [0.29, 0.717) is 25.7 Å². The summed E-state index contributed by atoms with van der Waals surface area (Å²) in [6.45, 7) is -0.115. The molecule has 4 aromatic rings. The Morgan fingerprint density at radius 1 is 0.341 bits per heavy atom. The first-order valence-electron chi connectivity index (χ1n) is 25.1. The zero-order valence-corrected chi connectivity index (χ0v) is 48.4. The Kier molecular flexibility index (Phi) is 28.9. The van der Waals surface area contributed by atoms with Crippen LogP contribution in [0.2, 0.25) is 0 Å². The average Bonchev–Trinajstić information content (AvgIpc) is 4.32. The Balaban J connectivity index is 0.000000285. The molecule has 4 heterocycles. The molecule has 0 unspecified atom stereocenters. The van der Waals surface area contributed by atoms with Gasteiger partial charge in [-0.15, -0.1) is 0 Å². The molecule has 0 saturated carbocycles. The Bertz CT molecular complexity index is 2460. The Labute approximate surface area is 499 Å². The maximum absolute atomic E-state index is 12.0. The van der Waals surface area contributed by atoms with Gasteiger partial charge in [-0.1, -0.05) is 121 Å². The summed E-state index contributed by atoms with van der Waals surface area (Å²) in [6, 6.07) is 31.8. The average molecular weight is 1310 g/mol. The fourth-order valence-electron chi connectivity index (χ4n) is 7.99. The van der Waals surface area contributed by atoms with Crippen molar-refractivity contribution in [1.82, 2.24) is 19.6 Å². The molecule has 0 bridgehead atoms. The number of aryl methyl sites for hydroxylation is 4. The molecule has 0 aliphatic carbocycles. The number of nitrogens with zero attached hydrogens (tertiary/aromatic N) is 8. The molecule has 0 spiro atoms. The maximum Gasteiger partial charge on any atom is 2.00 e. The van der Waals surface area contributed by atoms with Crippen LogP contribution in [-0.2, 0) is 122 Å². The van der Waals surface area contributed by atoms with E-state index in [2.05, 4.69) is 40.2 Å². The quantitative estimate of drug-likeness (QED) is 0.0707. The van der Waals surface area contributed by atoms with E-state index in [4.69, 9.17) is 0 Å². The molecule has 2 radical (unpaired) electrons. The zero-order valence-electron chi connectivity index (χ0n) is 45.1. The maximum atomic E-state index is 12.0. The molecule has 82 heavy (non-hydrogen) atoms. The SMILES string of the molecule is COC(=O)[C@H]1CN(C(=O)CCc2ccccc2)C(=O)[N-]1.COC(=O)[C@H]1CN(C(=O)CCc2ccccc2)C(=O)[N-]1.COC(=O)[C@H]1CN(C(=O)CCc2ccccc2)C(=O)[N-]1.COC(=O)[C@H]1CN(C(=O)CCc2ccccc2)C(=O)[N-]1.[Rh+2].[Rh+2]. The molecule has 438 valence electrons. The van der Waals surface area contributed by atoms with E-state index in [-0.39, 0.29) is 114 Å². The monoisotopic (exact) mass is 1310 g/mol. The van der Waals surface area contributed by atoms with Crippen LogP contribution < -0.4 is 0 Å². The summed E-state index contributed by atoms with van der Waals surface area (Å²) in [5, 5.41) is 14.4. The van der Waals surface area contributed by atoms with Crippen LogP contribution in [0.3, 0.4) is 0 Å². The number of carbonyl (C=O) groups is 12. The molecule has 4 atom stereocenters. The van der Waals surface area contributed by atoms with Crippen molar-refractivity contribution in [3.05, 3.63) is 165 Å². The van der Waals surface area contributed by atoms with Crippen LogP contribution in [0, 0.1) is 0 Å². The van der Waals surface area contributed by atoms with Gasteiger partial charge in [0.05, 0.1) is 52.6 Å². The van der Waals surface area contributed by atoms with E-state index >= 15 is 0 Å². The number of imide groups is 4. The second kappa shape index (κ2) is 34.8. The third kappa shape index (κ3) is 20.7. The minimum atomic E-state index is -0.895. The Morgan fingerprint density at radius 3 is 0.671 bits per heavy atom. The van der Waals surface area contributed by atoms with Gasteiger partial charge in [-0.05, 0) is 74.1 Å². The molecule has 4 saturated heterocycles. The summed E-state index contributed by atoms with van der Waals surface area (Å²) in [7, 11) is 4.90. The van der Waals surface area contributed by atoms with Crippen molar-refractivity contribution < 1.29 is 115 Å². The van der Waals surface area contributed by atoms with E-state index in [1.165, 1.54) is 28.4 Å². The number of benzene rings is 4. The summed E-state index contributed by atoms with van der Waals surface area (Å²) in [5.74, 6) is -3.70. The van der Waals surface area contributed by atoms with Gasteiger partial charge in [-0.25, -0.2) is 0 Å². The van der Waals surface area contributed by atoms with Crippen molar-refractivity contribution in [1.29, 1.82) is 0 Å². The topological polar surface area (TPSA) is 311 Å². The molecule has 0 aromatic heterocycles. The summed E-state index contributed by atoms with van der Waals surface area (Å²) < 4.78 is 18.1. The third-order valence-electron chi connectivity index (χ3n) is 12.4. The van der Waals surface area contributed by atoms with Crippen LogP contribution in [0.25, 0.3) is 21.3 Å². The van der Waals surface area contributed by atoms with Gasteiger partial charge < -0.3 is 59.8 Å². The molecule has 4 aromatic carbocycles. The van der Waals surface area contributed by atoms with Crippen molar-refractivity contribution in [2.24, 2.45) is 0 Å². The number of ether oxygens (including phenoxy) is 4. The molecule has 24 nitrogen and oxygen atoms in total. The van der Waals surface area contributed by atoms with Crippen LogP contribution >= 0.6 is 0 Å². The number of hydrogen-bond acceptors (Lipinski definition) is 16. The van der Waals surface area contributed by atoms with Crippen LogP contribution in [0.1, 0.15) is 47.9 Å². The van der Waals surface area contributed by atoms with Crippen molar-refractivity contribution in [3.8, 4) is 0 Å². The Hall–Kier alpha value is -8.23. The fourth-order valence-corrected chi connectivity index (χ4v) is 7.99. The molecule has 4 aliphatic heterocycles. The number of carbonyl (C=O) groups excluding carboxylic acids is 12. The minimum Gasteiger partial charge on any atom is -0.469 e. The largest absolute Gasteiger partial charge is 2.00 e. The summed E-state index contributed by atoms with van der Waals surface area (Å²) in [4.78, 5) is 143. The normalized spacial score (nSPS) is 17.3. The van der Waals surface area contributed by atoms with E-state index in [0.717, 1.165) is 41.9 Å². The van der Waals surface area contributed by atoms with Crippen LogP contribution in [0.5, 0.6) is 0 Å². The van der Waals surface area contributed by atoms with Gasteiger partial charge in [0.15, 0.2) is 24.1 Å². The van der Waals surface area contributed by atoms with E-state index in [1.807, 2.05) is 121 Å². The second-order valence-electron chi connectivity index (χ2n) is 17.8. The summed E-state index contributed by atoms with van der Waals surface area (Å²) >= 11 is 0.